The van der Waals surface area contributed by atoms with Crippen LogP contribution in [-0.2, 0) is 0 Å². The number of aromatic nitrogens is 3. The molecule has 0 aliphatic carbocycles. The highest BCUT2D eigenvalue weighted by Gasteiger charge is 2.24. The first-order valence-corrected chi connectivity index (χ1v) is 8.22. The number of nitrogen functional groups attached to an aromatic ring is 1. The Morgan fingerprint density at radius 1 is 1.22 bits per heavy atom. The van der Waals surface area contributed by atoms with Crippen molar-refractivity contribution >= 4 is 23.3 Å². The molecule has 0 atom stereocenters. The Bertz CT molecular complexity index is 719. The Kier molecular flexibility index (Phi) is 4.52. The molecule has 1 aliphatic rings. The first kappa shape index (κ1) is 15.8. The Labute approximate surface area is 140 Å². The van der Waals surface area contributed by atoms with E-state index >= 15 is 0 Å². The molecule has 1 saturated heterocycles. The number of aryl methyl sites for hydroxylation is 1. The molecule has 2 heterocycles. The molecular weight excluding hydrogens is 314 g/mol. The average molecular weight is 334 g/mol. The molecule has 0 bridgehead atoms. The zero-order valence-corrected chi connectivity index (χ0v) is 13.9. The van der Waals surface area contributed by atoms with Crippen molar-refractivity contribution in [1.29, 1.82) is 0 Å². The van der Waals surface area contributed by atoms with Crippen LogP contribution in [0.3, 0.4) is 0 Å². The third-order valence-electron chi connectivity index (χ3n) is 4.20. The van der Waals surface area contributed by atoms with Gasteiger partial charge in [0.25, 0.3) is 5.91 Å². The predicted octanol–water partition coefficient (Wildman–Crippen LogP) is 2.83. The van der Waals surface area contributed by atoms with Crippen LogP contribution < -0.4 is 5.73 Å². The van der Waals surface area contributed by atoms with Crippen molar-refractivity contribution in [3.8, 4) is 5.69 Å². The number of rotatable bonds is 2. The number of hydrogen-bond donors (Lipinski definition) is 1. The van der Waals surface area contributed by atoms with Gasteiger partial charge in [0.2, 0.25) is 0 Å². The van der Waals surface area contributed by atoms with Crippen molar-refractivity contribution in [2.45, 2.75) is 32.6 Å². The van der Waals surface area contributed by atoms with Crippen molar-refractivity contribution in [1.82, 2.24) is 19.9 Å². The lowest BCUT2D eigenvalue weighted by Gasteiger charge is -2.18. The molecule has 0 saturated carbocycles. The highest BCUT2D eigenvalue weighted by Crippen LogP contribution is 2.22. The van der Waals surface area contributed by atoms with E-state index in [0.717, 1.165) is 44.3 Å². The summed E-state index contributed by atoms with van der Waals surface area (Å²) in [5, 5.41) is 8.66. The van der Waals surface area contributed by atoms with Gasteiger partial charge in [0.15, 0.2) is 11.5 Å². The normalized spacial score (nSPS) is 15.5. The largest absolute Gasteiger partial charge is 0.382 e. The number of nitrogens with zero attached hydrogens (tertiary/aromatic N) is 4. The van der Waals surface area contributed by atoms with Crippen LogP contribution in [0.4, 0.5) is 5.82 Å². The standard InChI is InChI=1S/C16H20ClN5O/c1-11-6-7-12(10-13(11)17)22-15(18)14(19-20-22)16(23)21-8-4-2-3-5-9-21/h6-7,10H,2-5,8-9,18H2,1H3. The monoisotopic (exact) mass is 333 g/mol. The van der Waals surface area contributed by atoms with Gasteiger partial charge in [0.1, 0.15) is 0 Å². The van der Waals surface area contributed by atoms with Crippen LogP contribution in [0.15, 0.2) is 18.2 Å². The minimum absolute atomic E-state index is 0.145. The average Bonchev–Trinajstić information content (AvgIpc) is 2.76. The lowest BCUT2D eigenvalue weighted by molar-refractivity contribution is 0.0757. The van der Waals surface area contributed by atoms with Crippen LogP contribution in [0.5, 0.6) is 0 Å². The Hall–Kier alpha value is -2.08. The van der Waals surface area contributed by atoms with Crippen LogP contribution in [0, 0.1) is 6.92 Å². The Morgan fingerprint density at radius 3 is 2.57 bits per heavy atom. The number of hydrogen-bond acceptors (Lipinski definition) is 4. The van der Waals surface area contributed by atoms with E-state index in [2.05, 4.69) is 10.3 Å². The summed E-state index contributed by atoms with van der Waals surface area (Å²) in [6.07, 6.45) is 4.36. The molecule has 0 spiro atoms. The molecule has 1 aromatic heterocycles. The van der Waals surface area contributed by atoms with Gasteiger partial charge in [-0.05, 0) is 37.5 Å². The van der Waals surface area contributed by atoms with Gasteiger partial charge in [0, 0.05) is 18.1 Å². The first-order chi connectivity index (χ1) is 11.1. The van der Waals surface area contributed by atoms with Crippen LogP contribution in [0.25, 0.3) is 5.69 Å². The number of anilines is 1. The van der Waals surface area contributed by atoms with E-state index in [1.165, 1.54) is 4.68 Å². The second-order valence-corrected chi connectivity index (χ2v) is 6.28. The summed E-state index contributed by atoms with van der Waals surface area (Å²) < 4.78 is 1.45. The maximum atomic E-state index is 12.6. The zero-order chi connectivity index (χ0) is 16.4. The topological polar surface area (TPSA) is 77.0 Å². The smallest absolute Gasteiger partial charge is 0.278 e. The van der Waals surface area contributed by atoms with Gasteiger partial charge >= 0.3 is 0 Å². The van der Waals surface area contributed by atoms with Gasteiger partial charge in [-0.2, -0.15) is 4.68 Å². The number of likely N-dealkylation sites (tertiary alicyclic amines) is 1. The van der Waals surface area contributed by atoms with E-state index in [0.29, 0.717) is 10.7 Å². The molecule has 6 nitrogen and oxygen atoms in total. The summed E-state index contributed by atoms with van der Waals surface area (Å²) in [6.45, 7) is 3.42. The number of benzene rings is 1. The fourth-order valence-electron chi connectivity index (χ4n) is 2.77. The molecule has 0 radical (unpaired) electrons. The molecule has 7 heteroatoms. The molecule has 0 unspecified atom stereocenters. The number of carbonyl (C=O) groups excluding carboxylic acids is 1. The third kappa shape index (κ3) is 3.17. The fourth-order valence-corrected chi connectivity index (χ4v) is 2.94. The van der Waals surface area contributed by atoms with Crippen molar-refractivity contribution in [2.75, 3.05) is 18.8 Å². The minimum atomic E-state index is -0.145. The second-order valence-electron chi connectivity index (χ2n) is 5.87. The van der Waals surface area contributed by atoms with E-state index in [1.807, 2.05) is 24.0 Å². The lowest BCUT2D eigenvalue weighted by atomic mass is 10.2. The quantitative estimate of drug-likeness (QED) is 0.916. The highest BCUT2D eigenvalue weighted by atomic mass is 35.5. The number of amides is 1. The van der Waals surface area contributed by atoms with Crippen molar-refractivity contribution < 1.29 is 4.79 Å². The molecule has 1 fully saturated rings. The Balaban J connectivity index is 1.89. The van der Waals surface area contributed by atoms with E-state index in [9.17, 15) is 4.79 Å². The van der Waals surface area contributed by atoms with Gasteiger partial charge in [-0.15, -0.1) is 5.10 Å². The predicted molar refractivity (Wildman–Crippen MR) is 89.9 cm³/mol. The zero-order valence-electron chi connectivity index (χ0n) is 13.1. The Morgan fingerprint density at radius 2 is 1.91 bits per heavy atom. The summed E-state index contributed by atoms with van der Waals surface area (Å²) in [4.78, 5) is 14.5. The van der Waals surface area contributed by atoms with E-state index in [1.54, 1.807) is 6.07 Å². The summed E-state index contributed by atoms with van der Waals surface area (Å²) in [5.41, 5.74) is 7.99. The van der Waals surface area contributed by atoms with E-state index in [4.69, 9.17) is 17.3 Å². The molecular formula is C16H20ClN5O. The summed E-state index contributed by atoms with van der Waals surface area (Å²) in [6, 6.07) is 5.50. The van der Waals surface area contributed by atoms with Gasteiger partial charge in [-0.25, -0.2) is 0 Å². The third-order valence-corrected chi connectivity index (χ3v) is 4.61. The van der Waals surface area contributed by atoms with Gasteiger partial charge in [-0.3, -0.25) is 4.79 Å². The second kappa shape index (κ2) is 6.58. The van der Waals surface area contributed by atoms with Gasteiger partial charge < -0.3 is 10.6 Å². The molecule has 23 heavy (non-hydrogen) atoms. The molecule has 2 aromatic rings. The number of carbonyl (C=O) groups is 1. The summed E-state index contributed by atoms with van der Waals surface area (Å²) >= 11 is 6.15. The molecule has 3 rings (SSSR count). The summed E-state index contributed by atoms with van der Waals surface area (Å²) in [7, 11) is 0. The van der Waals surface area contributed by atoms with Crippen molar-refractivity contribution in [3.63, 3.8) is 0 Å². The minimum Gasteiger partial charge on any atom is -0.382 e. The molecule has 1 aromatic carbocycles. The van der Waals surface area contributed by atoms with Crippen LogP contribution >= 0.6 is 11.6 Å². The SMILES string of the molecule is Cc1ccc(-n2nnc(C(=O)N3CCCCCC3)c2N)cc1Cl. The number of halogens is 1. The van der Waals surface area contributed by atoms with Crippen LogP contribution in [-0.4, -0.2) is 38.9 Å². The summed E-state index contributed by atoms with van der Waals surface area (Å²) in [5.74, 6) is 0.105. The maximum absolute atomic E-state index is 12.6. The lowest BCUT2D eigenvalue weighted by Crippen LogP contribution is -2.32. The van der Waals surface area contributed by atoms with Gasteiger partial charge in [-0.1, -0.05) is 35.7 Å². The molecule has 122 valence electrons. The maximum Gasteiger partial charge on any atom is 0.278 e. The molecule has 1 aliphatic heterocycles. The van der Waals surface area contributed by atoms with Crippen LogP contribution in [0.2, 0.25) is 5.02 Å². The van der Waals surface area contributed by atoms with Crippen LogP contribution in [0.1, 0.15) is 41.7 Å². The molecule has 1 amide bonds. The van der Waals surface area contributed by atoms with E-state index < -0.39 is 0 Å². The first-order valence-electron chi connectivity index (χ1n) is 7.85. The highest BCUT2D eigenvalue weighted by molar-refractivity contribution is 6.31. The van der Waals surface area contributed by atoms with Gasteiger partial charge in [0.05, 0.1) is 5.69 Å². The fraction of sp³-hybridized carbons (Fsp3) is 0.438. The van der Waals surface area contributed by atoms with Crippen molar-refractivity contribution in [2.24, 2.45) is 0 Å². The number of nitrogens with two attached hydrogens (primary N) is 1. The van der Waals surface area contributed by atoms with Crippen molar-refractivity contribution in [3.05, 3.63) is 34.5 Å². The molecule has 2 N–H and O–H groups in total. The van der Waals surface area contributed by atoms with E-state index in [-0.39, 0.29) is 17.4 Å².